The highest BCUT2D eigenvalue weighted by atomic mass is 35.5. The van der Waals surface area contributed by atoms with Crippen molar-refractivity contribution < 1.29 is 18.0 Å². The average Bonchev–Trinajstić information content (AvgIpc) is 2.56. The Balaban J connectivity index is 0.00000312. The summed E-state index contributed by atoms with van der Waals surface area (Å²) in [6, 6.07) is 4.52. The van der Waals surface area contributed by atoms with Gasteiger partial charge in [-0.2, -0.15) is 13.2 Å². The molecule has 0 radical (unpaired) electrons. The lowest BCUT2D eigenvalue weighted by molar-refractivity contribution is -0.137. The molecule has 0 spiro atoms. The number of amides is 1. The zero-order valence-electron chi connectivity index (χ0n) is 13.9. The van der Waals surface area contributed by atoms with Gasteiger partial charge in [-0.15, -0.1) is 19.0 Å². The topological polar surface area (TPSA) is 41.1 Å². The molecule has 1 aliphatic carbocycles. The molecule has 0 bridgehead atoms. The molecular formula is C18H24ClF3N2O. The second kappa shape index (κ2) is 9.82. The summed E-state index contributed by atoms with van der Waals surface area (Å²) in [5.41, 5.74) is -0.501. The lowest BCUT2D eigenvalue weighted by Crippen LogP contribution is -2.51. The fourth-order valence-corrected chi connectivity index (χ4v) is 2.98. The van der Waals surface area contributed by atoms with Crippen LogP contribution in [0.2, 0.25) is 0 Å². The molecule has 1 saturated carbocycles. The minimum Gasteiger partial charge on any atom is -0.348 e. The Labute approximate surface area is 152 Å². The van der Waals surface area contributed by atoms with E-state index in [2.05, 4.69) is 17.2 Å². The van der Waals surface area contributed by atoms with E-state index in [-0.39, 0.29) is 36.0 Å². The van der Waals surface area contributed by atoms with Crippen LogP contribution in [-0.2, 0) is 6.18 Å². The highest BCUT2D eigenvalue weighted by molar-refractivity contribution is 5.94. The number of carbonyl (C=O) groups is 1. The molecule has 1 fully saturated rings. The van der Waals surface area contributed by atoms with Crippen molar-refractivity contribution in [2.24, 2.45) is 0 Å². The maximum atomic E-state index is 12.6. The smallest absolute Gasteiger partial charge is 0.348 e. The van der Waals surface area contributed by atoms with E-state index in [0.29, 0.717) is 0 Å². The first kappa shape index (κ1) is 21.5. The Kier molecular flexibility index (Phi) is 8.45. The average molecular weight is 377 g/mol. The second-order valence-electron chi connectivity index (χ2n) is 6.08. The maximum Gasteiger partial charge on any atom is 0.416 e. The monoisotopic (exact) mass is 376 g/mol. The number of rotatable bonds is 6. The van der Waals surface area contributed by atoms with Gasteiger partial charge >= 0.3 is 6.18 Å². The summed E-state index contributed by atoms with van der Waals surface area (Å²) in [5, 5.41) is 6.39. The Hall–Kier alpha value is -1.53. The predicted octanol–water partition coefficient (Wildman–Crippen LogP) is 4.33. The third-order valence-corrected chi connectivity index (χ3v) is 4.31. The fourth-order valence-electron chi connectivity index (χ4n) is 2.98. The van der Waals surface area contributed by atoms with Crippen LogP contribution < -0.4 is 10.6 Å². The van der Waals surface area contributed by atoms with Gasteiger partial charge in [0.2, 0.25) is 0 Å². The molecule has 0 heterocycles. The van der Waals surface area contributed by atoms with E-state index < -0.39 is 11.7 Å². The van der Waals surface area contributed by atoms with Crippen LogP contribution in [0, 0.1) is 0 Å². The highest BCUT2D eigenvalue weighted by Gasteiger charge is 2.30. The van der Waals surface area contributed by atoms with Crippen molar-refractivity contribution in [3.63, 3.8) is 0 Å². The summed E-state index contributed by atoms with van der Waals surface area (Å²) >= 11 is 0. The van der Waals surface area contributed by atoms with Gasteiger partial charge in [0.25, 0.3) is 5.91 Å². The normalized spacial score (nSPS) is 20.4. The molecule has 1 aromatic rings. The van der Waals surface area contributed by atoms with Crippen molar-refractivity contribution in [1.82, 2.24) is 10.6 Å². The molecule has 2 atom stereocenters. The van der Waals surface area contributed by atoms with Crippen LogP contribution >= 0.6 is 12.4 Å². The van der Waals surface area contributed by atoms with E-state index in [4.69, 9.17) is 0 Å². The first-order valence-corrected chi connectivity index (χ1v) is 8.24. The number of carbonyl (C=O) groups excluding carboxylic acids is 1. The quantitative estimate of drug-likeness (QED) is 0.573. The van der Waals surface area contributed by atoms with Gasteiger partial charge in [0.15, 0.2) is 0 Å². The lowest BCUT2D eigenvalue weighted by atomic mass is 9.90. The standard InChI is InChI=1S/C18H23F3N2O.ClH/c1-2-3-12-22-15-6-4-5-7-16(15)23-17(24)13-8-10-14(11-9-13)18(19,20)21;/h2,8-11,15-16,22H,1,3-7,12H2,(H,23,24);1H. The van der Waals surface area contributed by atoms with Crippen LogP contribution in [0.25, 0.3) is 0 Å². The van der Waals surface area contributed by atoms with E-state index in [1.54, 1.807) is 0 Å². The molecule has 7 heteroatoms. The lowest BCUT2D eigenvalue weighted by Gasteiger charge is -2.33. The van der Waals surface area contributed by atoms with Gasteiger partial charge < -0.3 is 10.6 Å². The van der Waals surface area contributed by atoms with Crippen LogP contribution in [0.3, 0.4) is 0 Å². The summed E-state index contributed by atoms with van der Waals surface area (Å²) in [6.07, 6.45) is 2.31. The summed E-state index contributed by atoms with van der Waals surface area (Å²) in [4.78, 5) is 12.3. The third-order valence-electron chi connectivity index (χ3n) is 4.31. The van der Waals surface area contributed by atoms with Gasteiger partial charge in [-0.3, -0.25) is 4.79 Å². The molecule has 25 heavy (non-hydrogen) atoms. The van der Waals surface area contributed by atoms with Gasteiger partial charge in [0.05, 0.1) is 5.56 Å². The summed E-state index contributed by atoms with van der Waals surface area (Å²) in [7, 11) is 0. The van der Waals surface area contributed by atoms with Crippen LogP contribution in [0.4, 0.5) is 13.2 Å². The number of alkyl halides is 3. The van der Waals surface area contributed by atoms with Gasteiger partial charge in [-0.25, -0.2) is 0 Å². The zero-order valence-corrected chi connectivity index (χ0v) is 14.8. The van der Waals surface area contributed by atoms with Crippen molar-refractivity contribution in [3.8, 4) is 0 Å². The summed E-state index contributed by atoms with van der Waals surface area (Å²) < 4.78 is 37.7. The van der Waals surface area contributed by atoms with E-state index >= 15 is 0 Å². The largest absolute Gasteiger partial charge is 0.416 e. The Morgan fingerprint density at radius 3 is 2.32 bits per heavy atom. The van der Waals surface area contributed by atoms with E-state index in [1.165, 1.54) is 12.1 Å². The molecule has 2 unspecified atom stereocenters. The Morgan fingerprint density at radius 1 is 1.16 bits per heavy atom. The van der Waals surface area contributed by atoms with Crippen molar-refractivity contribution >= 4 is 18.3 Å². The van der Waals surface area contributed by atoms with Gasteiger partial charge in [0.1, 0.15) is 0 Å². The third kappa shape index (κ3) is 6.36. The van der Waals surface area contributed by atoms with Crippen molar-refractivity contribution in [2.75, 3.05) is 6.54 Å². The highest BCUT2D eigenvalue weighted by Crippen LogP contribution is 2.29. The van der Waals surface area contributed by atoms with Crippen LogP contribution in [0.15, 0.2) is 36.9 Å². The molecule has 0 saturated heterocycles. The van der Waals surface area contributed by atoms with Crippen LogP contribution in [-0.4, -0.2) is 24.5 Å². The maximum absolute atomic E-state index is 12.6. The van der Waals surface area contributed by atoms with E-state index in [9.17, 15) is 18.0 Å². The summed E-state index contributed by atoms with van der Waals surface area (Å²) in [6.45, 7) is 4.49. The van der Waals surface area contributed by atoms with Crippen LogP contribution in [0.5, 0.6) is 0 Å². The summed E-state index contributed by atoms with van der Waals surface area (Å²) in [5.74, 6) is -0.328. The SMILES string of the molecule is C=CCCNC1CCCCC1NC(=O)c1ccc(C(F)(F)F)cc1.Cl. The molecule has 2 N–H and O–H groups in total. The molecule has 1 aliphatic rings. The number of nitrogens with one attached hydrogen (secondary N) is 2. The van der Waals surface area contributed by atoms with Gasteiger partial charge in [-0.1, -0.05) is 18.9 Å². The molecule has 1 amide bonds. The van der Waals surface area contributed by atoms with E-state index in [0.717, 1.165) is 50.8 Å². The van der Waals surface area contributed by atoms with Gasteiger partial charge in [-0.05, 0) is 50.1 Å². The van der Waals surface area contributed by atoms with Crippen molar-refractivity contribution in [2.45, 2.75) is 50.4 Å². The molecule has 0 aromatic heterocycles. The number of hydrogen-bond acceptors (Lipinski definition) is 2. The Bertz CT molecular complexity index is 560. The minimum absolute atomic E-state index is 0. The predicted molar refractivity (Wildman–Crippen MR) is 95.0 cm³/mol. The van der Waals surface area contributed by atoms with E-state index in [1.807, 2.05) is 6.08 Å². The first-order valence-electron chi connectivity index (χ1n) is 8.24. The molecule has 1 aromatic carbocycles. The number of hydrogen-bond donors (Lipinski definition) is 2. The minimum atomic E-state index is -4.39. The zero-order chi connectivity index (χ0) is 17.6. The van der Waals surface area contributed by atoms with Crippen molar-refractivity contribution in [3.05, 3.63) is 48.0 Å². The molecule has 140 valence electrons. The second-order valence-corrected chi connectivity index (χ2v) is 6.08. The Morgan fingerprint density at radius 2 is 1.76 bits per heavy atom. The first-order chi connectivity index (χ1) is 11.4. The van der Waals surface area contributed by atoms with Crippen molar-refractivity contribution in [1.29, 1.82) is 0 Å². The molecule has 3 nitrogen and oxygen atoms in total. The van der Waals surface area contributed by atoms with Crippen LogP contribution in [0.1, 0.15) is 48.0 Å². The fraction of sp³-hybridized carbons (Fsp3) is 0.500. The number of benzene rings is 1. The molecular weight excluding hydrogens is 353 g/mol. The molecule has 0 aliphatic heterocycles. The molecule has 2 rings (SSSR count). The number of halogens is 4. The van der Waals surface area contributed by atoms with Gasteiger partial charge in [0, 0.05) is 17.6 Å².